The summed E-state index contributed by atoms with van der Waals surface area (Å²) < 4.78 is 15.4. The number of aromatic nitrogens is 6. The quantitative estimate of drug-likeness (QED) is 0.347. The van der Waals surface area contributed by atoms with Crippen molar-refractivity contribution in [2.75, 3.05) is 12.4 Å². The third-order valence-electron chi connectivity index (χ3n) is 5.19. The minimum Gasteiger partial charge on any atom is -0.358 e. The highest BCUT2D eigenvalue weighted by molar-refractivity contribution is 6.30. The van der Waals surface area contributed by atoms with E-state index in [0.717, 1.165) is 0 Å². The number of nitrogens with zero attached hydrogens (tertiary/aromatic N) is 5. The first-order valence-corrected chi connectivity index (χ1v) is 10.9. The number of nitrogens with one attached hydrogen (secondary N) is 2. The van der Waals surface area contributed by atoms with Gasteiger partial charge < -0.3 is 16.0 Å². The molecule has 1 atom stereocenters. The van der Waals surface area contributed by atoms with Gasteiger partial charge >= 0.3 is 0 Å². The van der Waals surface area contributed by atoms with Gasteiger partial charge in [0.15, 0.2) is 11.5 Å². The van der Waals surface area contributed by atoms with Crippen molar-refractivity contribution in [1.82, 2.24) is 29.5 Å². The molecule has 34 heavy (non-hydrogen) atoms. The van der Waals surface area contributed by atoms with E-state index in [1.807, 2.05) is 6.92 Å². The fourth-order valence-corrected chi connectivity index (χ4v) is 3.76. The van der Waals surface area contributed by atoms with Crippen LogP contribution >= 0.6 is 11.6 Å². The maximum atomic E-state index is 13.9. The minimum atomic E-state index is -0.500. The van der Waals surface area contributed by atoms with Gasteiger partial charge in [-0.05, 0) is 55.9 Å². The number of anilines is 1. The second kappa shape index (κ2) is 9.94. The topological polar surface area (TPSA) is 127 Å². The van der Waals surface area contributed by atoms with Crippen LogP contribution < -0.4 is 16.6 Å². The molecule has 5 aromatic rings. The number of halogens is 2. The van der Waals surface area contributed by atoms with Crippen LogP contribution in [0.4, 0.5) is 10.2 Å². The van der Waals surface area contributed by atoms with E-state index in [1.165, 1.54) is 42.5 Å². The lowest BCUT2D eigenvalue weighted by Gasteiger charge is -2.22. The van der Waals surface area contributed by atoms with Gasteiger partial charge in [-0.2, -0.15) is 0 Å². The van der Waals surface area contributed by atoms with E-state index in [1.54, 1.807) is 24.3 Å². The molecule has 1 unspecified atom stereocenters. The van der Waals surface area contributed by atoms with Crippen LogP contribution in [0.25, 0.3) is 27.8 Å². The number of fused-ring (bicyclic) bond motifs is 2. The molecule has 0 aliphatic carbocycles. The first-order chi connectivity index (χ1) is 16.5. The maximum absolute atomic E-state index is 13.9. The largest absolute Gasteiger partial charge is 0.358 e. The highest BCUT2D eigenvalue weighted by Crippen LogP contribution is 2.26. The Morgan fingerprint density at radius 2 is 1.91 bits per heavy atom. The molecule has 9 nitrogen and oxygen atoms in total. The average Bonchev–Trinajstić information content (AvgIpc) is 3.35. The van der Waals surface area contributed by atoms with Crippen molar-refractivity contribution in [3.05, 3.63) is 82.1 Å². The summed E-state index contributed by atoms with van der Waals surface area (Å²) in [6, 6.07) is 10.4. The molecule has 0 fully saturated rings. The summed E-state index contributed by atoms with van der Waals surface area (Å²) in [5.41, 5.74) is 6.28. The average molecular weight is 481 g/mol. The summed E-state index contributed by atoms with van der Waals surface area (Å²) in [4.78, 5) is 33.9. The van der Waals surface area contributed by atoms with Gasteiger partial charge in [0.1, 0.15) is 23.5 Å². The molecule has 0 aliphatic heterocycles. The van der Waals surface area contributed by atoms with Gasteiger partial charge in [-0.1, -0.05) is 18.5 Å². The van der Waals surface area contributed by atoms with E-state index in [-0.39, 0.29) is 10.9 Å². The number of imidazole rings is 1. The summed E-state index contributed by atoms with van der Waals surface area (Å²) in [6.45, 7) is 1.97. The third kappa shape index (κ3) is 4.33. The number of hydrogen-bond donors (Lipinski definition) is 3. The minimum absolute atomic E-state index is 0.191. The molecule has 0 amide bonds. The lowest BCUT2D eigenvalue weighted by atomic mass is 10.1. The second-order valence-corrected chi connectivity index (χ2v) is 7.61. The zero-order valence-corrected chi connectivity index (χ0v) is 19.2. The van der Waals surface area contributed by atoms with E-state index in [9.17, 15) is 9.18 Å². The molecule has 0 spiro atoms. The normalized spacial score (nSPS) is 11.8. The number of rotatable bonds is 5. The molecule has 4 N–H and O–H groups in total. The van der Waals surface area contributed by atoms with Crippen LogP contribution in [-0.2, 0) is 0 Å². The lowest BCUT2D eigenvalue weighted by Crippen LogP contribution is -2.28. The molecule has 0 saturated carbocycles. The fourth-order valence-electron chi connectivity index (χ4n) is 3.64. The predicted molar refractivity (Wildman–Crippen MR) is 131 cm³/mol. The van der Waals surface area contributed by atoms with Gasteiger partial charge in [-0.15, -0.1) is 0 Å². The summed E-state index contributed by atoms with van der Waals surface area (Å²) in [5.74, 6) is 0.500. The Kier molecular flexibility index (Phi) is 6.80. The molecule has 0 bridgehead atoms. The summed E-state index contributed by atoms with van der Waals surface area (Å²) in [5, 5.41) is 4.08. The van der Waals surface area contributed by atoms with Crippen molar-refractivity contribution in [2.24, 2.45) is 5.73 Å². The van der Waals surface area contributed by atoms with Crippen molar-refractivity contribution < 1.29 is 4.39 Å². The summed E-state index contributed by atoms with van der Waals surface area (Å²) >= 11 is 6.05. The summed E-state index contributed by atoms with van der Waals surface area (Å²) in [7, 11) is 1.50. The smallest absolute Gasteiger partial charge is 0.266 e. The molecule has 5 rings (SSSR count). The van der Waals surface area contributed by atoms with Crippen molar-refractivity contribution in [3.8, 4) is 5.69 Å². The standard InChI is InChI=1S/C22H17ClFN7O.CH5N/c1-2-16(29-20-18-19(26-10-25-18)27-11-28-20)21-30-17-8-5-13(24)9-15(17)22(32)31(21)14-6-3-12(23)4-7-14;1-2/h3-11,16H,2H2,1H3,(H2,25,26,27,28,29);2H2,1H3. The third-order valence-corrected chi connectivity index (χ3v) is 5.45. The Balaban J connectivity index is 0.00000133. The van der Waals surface area contributed by atoms with Gasteiger partial charge in [0.05, 0.1) is 29.0 Å². The molecule has 11 heteroatoms. The SMILES string of the molecule is CCC(Nc1ncnc2nc[nH]c12)c1nc2ccc(F)cc2c(=O)n1-c1ccc(Cl)cc1.CN. The van der Waals surface area contributed by atoms with Crippen LogP contribution in [0.3, 0.4) is 0 Å². The van der Waals surface area contributed by atoms with Crippen molar-refractivity contribution in [2.45, 2.75) is 19.4 Å². The van der Waals surface area contributed by atoms with Crippen molar-refractivity contribution in [3.63, 3.8) is 0 Å². The van der Waals surface area contributed by atoms with Gasteiger partial charge in [-0.25, -0.2) is 24.3 Å². The van der Waals surface area contributed by atoms with Gasteiger partial charge in [-0.3, -0.25) is 9.36 Å². The highest BCUT2D eigenvalue weighted by Gasteiger charge is 2.22. The Morgan fingerprint density at radius 3 is 2.65 bits per heavy atom. The monoisotopic (exact) mass is 480 g/mol. The zero-order chi connectivity index (χ0) is 24.2. The predicted octanol–water partition coefficient (Wildman–Crippen LogP) is 3.98. The Bertz CT molecular complexity index is 1500. The molecule has 0 radical (unpaired) electrons. The number of hydrogen-bond acceptors (Lipinski definition) is 7. The molecule has 3 heterocycles. The Labute approximate surface area is 198 Å². The molecule has 0 aliphatic rings. The molecular formula is C23H22ClFN8O. The fraction of sp³-hybridized carbons (Fsp3) is 0.174. The molecule has 0 saturated heterocycles. The first-order valence-electron chi connectivity index (χ1n) is 10.5. The summed E-state index contributed by atoms with van der Waals surface area (Å²) in [6.07, 6.45) is 3.55. The second-order valence-electron chi connectivity index (χ2n) is 7.18. The van der Waals surface area contributed by atoms with Crippen LogP contribution in [-0.4, -0.2) is 36.5 Å². The first kappa shape index (κ1) is 23.3. The number of H-pyrrole nitrogens is 1. The van der Waals surface area contributed by atoms with E-state index in [2.05, 4.69) is 31.0 Å². The maximum Gasteiger partial charge on any atom is 0.266 e. The van der Waals surface area contributed by atoms with Gasteiger partial charge in [0.25, 0.3) is 5.56 Å². The zero-order valence-electron chi connectivity index (χ0n) is 18.5. The number of benzene rings is 2. The Morgan fingerprint density at radius 1 is 1.15 bits per heavy atom. The van der Waals surface area contributed by atoms with Crippen LogP contribution in [0.5, 0.6) is 0 Å². The van der Waals surface area contributed by atoms with E-state index in [0.29, 0.717) is 45.5 Å². The van der Waals surface area contributed by atoms with Crippen LogP contribution in [0.1, 0.15) is 25.2 Å². The number of aromatic amines is 1. The lowest BCUT2D eigenvalue weighted by molar-refractivity contribution is 0.628. The molecule has 3 aromatic heterocycles. The van der Waals surface area contributed by atoms with E-state index in [4.69, 9.17) is 16.6 Å². The van der Waals surface area contributed by atoms with Gasteiger partial charge in [0.2, 0.25) is 0 Å². The van der Waals surface area contributed by atoms with Crippen molar-refractivity contribution in [1.29, 1.82) is 0 Å². The molecular weight excluding hydrogens is 459 g/mol. The highest BCUT2D eigenvalue weighted by atomic mass is 35.5. The van der Waals surface area contributed by atoms with E-state index < -0.39 is 11.9 Å². The van der Waals surface area contributed by atoms with Crippen LogP contribution in [0, 0.1) is 5.82 Å². The van der Waals surface area contributed by atoms with Gasteiger partial charge in [0, 0.05) is 5.02 Å². The molecule has 174 valence electrons. The molecule has 2 aromatic carbocycles. The number of nitrogens with two attached hydrogens (primary N) is 1. The van der Waals surface area contributed by atoms with Crippen LogP contribution in [0.2, 0.25) is 5.02 Å². The van der Waals surface area contributed by atoms with E-state index >= 15 is 0 Å². The Hall–Kier alpha value is -3.89. The van der Waals surface area contributed by atoms with Crippen molar-refractivity contribution >= 4 is 39.5 Å². The van der Waals surface area contributed by atoms with Crippen LogP contribution in [0.15, 0.2) is 59.9 Å².